The van der Waals surface area contributed by atoms with E-state index in [0.717, 1.165) is 18.8 Å². The second kappa shape index (κ2) is 10.7. The summed E-state index contributed by atoms with van der Waals surface area (Å²) in [4.78, 5) is 42.3. The van der Waals surface area contributed by atoms with Crippen LogP contribution in [0.25, 0.3) is 0 Å². The van der Waals surface area contributed by atoms with E-state index in [1.54, 1.807) is 24.3 Å². The number of rotatable bonds is 7. The van der Waals surface area contributed by atoms with Gasteiger partial charge in [-0.05, 0) is 42.5 Å². The molecule has 3 aromatic carbocycles. The molecule has 6 nitrogen and oxygen atoms in total. The maximum atomic E-state index is 13.2. The fraction of sp³-hybridized carbons (Fsp3) is 0.222. The second-order valence-corrected chi connectivity index (χ2v) is 8.09. The minimum atomic E-state index is -0.436. The van der Waals surface area contributed by atoms with Crippen molar-refractivity contribution in [3.63, 3.8) is 0 Å². The SMILES string of the molecule is O=C(NCCC(=O)N1CCN(c2ccccc2)CC1)c1ccccc1C(=O)c1ccc(F)cc1. The number of ketones is 1. The maximum absolute atomic E-state index is 13.2. The fourth-order valence-electron chi connectivity index (χ4n) is 4.03. The zero-order valence-electron chi connectivity index (χ0n) is 18.7. The summed E-state index contributed by atoms with van der Waals surface area (Å²) in [5.74, 6) is -1.23. The molecule has 0 aromatic heterocycles. The van der Waals surface area contributed by atoms with Gasteiger partial charge in [0.25, 0.3) is 5.91 Å². The molecule has 174 valence electrons. The molecule has 0 spiro atoms. The van der Waals surface area contributed by atoms with Gasteiger partial charge in [-0.15, -0.1) is 0 Å². The highest BCUT2D eigenvalue weighted by Crippen LogP contribution is 2.17. The Kier molecular flexibility index (Phi) is 7.32. The molecular formula is C27H26FN3O3. The van der Waals surface area contributed by atoms with Crippen LogP contribution in [0.5, 0.6) is 0 Å². The zero-order valence-corrected chi connectivity index (χ0v) is 18.7. The second-order valence-electron chi connectivity index (χ2n) is 8.09. The number of halogens is 1. The quantitative estimate of drug-likeness (QED) is 0.549. The molecule has 2 amide bonds. The molecule has 0 saturated carbocycles. The monoisotopic (exact) mass is 459 g/mol. The minimum Gasteiger partial charge on any atom is -0.368 e. The van der Waals surface area contributed by atoms with E-state index < -0.39 is 11.7 Å². The first-order valence-corrected chi connectivity index (χ1v) is 11.3. The third-order valence-electron chi connectivity index (χ3n) is 5.90. The summed E-state index contributed by atoms with van der Waals surface area (Å²) in [5.41, 5.74) is 1.90. The van der Waals surface area contributed by atoms with Crippen LogP contribution in [0.3, 0.4) is 0 Å². The Balaban J connectivity index is 1.29. The average molecular weight is 460 g/mol. The predicted molar refractivity (Wildman–Crippen MR) is 128 cm³/mol. The number of amides is 2. The summed E-state index contributed by atoms with van der Waals surface area (Å²) in [6.45, 7) is 2.98. The van der Waals surface area contributed by atoms with E-state index in [1.165, 1.54) is 24.3 Å². The van der Waals surface area contributed by atoms with Crippen LogP contribution in [0.4, 0.5) is 10.1 Å². The van der Waals surface area contributed by atoms with Crippen molar-refractivity contribution < 1.29 is 18.8 Å². The van der Waals surface area contributed by atoms with E-state index in [4.69, 9.17) is 0 Å². The molecule has 1 heterocycles. The molecular weight excluding hydrogens is 433 g/mol. The van der Waals surface area contributed by atoms with Crippen molar-refractivity contribution in [1.82, 2.24) is 10.2 Å². The van der Waals surface area contributed by atoms with Gasteiger partial charge in [-0.25, -0.2) is 4.39 Å². The first-order chi connectivity index (χ1) is 16.5. The highest BCUT2D eigenvalue weighted by molar-refractivity contribution is 6.15. The minimum absolute atomic E-state index is 0.0105. The number of benzene rings is 3. The van der Waals surface area contributed by atoms with E-state index in [1.807, 2.05) is 23.1 Å². The van der Waals surface area contributed by atoms with E-state index in [-0.39, 0.29) is 35.8 Å². The number of hydrogen-bond acceptors (Lipinski definition) is 4. The Hall–Kier alpha value is -4.00. The highest BCUT2D eigenvalue weighted by Gasteiger charge is 2.22. The molecule has 4 rings (SSSR count). The maximum Gasteiger partial charge on any atom is 0.252 e. The number of nitrogens with one attached hydrogen (secondary N) is 1. The first-order valence-electron chi connectivity index (χ1n) is 11.3. The molecule has 1 N–H and O–H groups in total. The molecule has 7 heteroatoms. The van der Waals surface area contributed by atoms with Crippen LogP contribution in [0, 0.1) is 5.82 Å². The largest absolute Gasteiger partial charge is 0.368 e. The van der Waals surface area contributed by atoms with Crippen molar-refractivity contribution in [2.45, 2.75) is 6.42 Å². The van der Waals surface area contributed by atoms with Crippen molar-refractivity contribution in [3.8, 4) is 0 Å². The van der Waals surface area contributed by atoms with Gasteiger partial charge < -0.3 is 15.1 Å². The van der Waals surface area contributed by atoms with Crippen molar-refractivity contribution in [1.29, 1.82) is 0 Å². The third kappa shape index (κ3) is 5.49. The standard InChI is InChI=1S/C27H26FN3O3/c28-21-12-10-20(11-13-21)26(33)23-8-4-5-9-24(23)27(34)29-15-14-25(32)31-18-16-30(17-19-31)22-6-2-1-3-7-22/h1-13H,14-19H2,(H,29,34). The van der Waals surface area contributed by atoms with E-state index in [9.17, 15) is 18.8 Å². The van der Waals surface area contributed by atoms with Gasteiger partial charge in [0.1, 0.15) is 5.82 Å². The summed E-state index contributed by atoms with van der Waals surface area (Å²) in [6, 6.07) is 21.8. The van der Waals surface area contributed by atoms with Gasteiger partial charge in [0, 0.05) is 56.0 Å². The lowest BCUT2D eigenvalue weighted by atomic mass is 9.98. The van der Waals surface area contributed by atoms with Crippen LogP contribution in [0.15, 0.2) is 78.9 Å². The summed E-state index contributed by atoms with van der Waals surface area (Å²) in [6.07, 6.45) is 0.186. The number of carbonyl (C=O) groups is 3. The van der Waals surface area contributed by atoms with Crippen molar-refractivity contribution in [2.24, 2.45) is 0 Å². The summed E-state index contributed by atoms with van der Waals surface area (Å²) in [5, 5.41) is 2.75. The molecule has 0 aliphatic carbocycles. The van der Waals surface area contributed by atoms with E-state index in [0.29, 0.717) is 18.7 Å². The average Bonchev–Trinajstić information content (AvgIpc) is 2.89. The summed E-state index contributed by atoms with van der Waals surface area (Å²) < 4.78 is 13.2. The third-order valence-corrected chi connectivity index (χ3v) is 5.90. The lowest BCUT2D eigenvalue weighted by molar-refractivity contribution is -0.131. The van der Waals surface area contributed by atoms with Crippen molar-refractivity contribution in [3.05, 3.63) is 101 Å². The normalized spacial score (nSPS) is 13.4. The van der Waals surface area contributed by atoms with E-state index >= 15 is 0 Å². The lowest BCUT2D eigenvalue weighted by Crippen LogP contribution is -2.49. The van der Waals surface area contributed by atoms with Crippen LogP contribution in [-0.2, 0) is 4.79 Å². The summed E-state index contributed by atoms with van der Waals surface area (Å²) >= 11 is 0. The number of hydrogen-bond donors (Lipinski definition) is 1. The van der Waals surface area contributed by atoms with Crippen LogP contribution in [0.2, 0.25) is 0 Å². The number of anilines is 1. The molecule has 1 saturated heterocycles. The molecule has 1 aliphatic rings. The molecule has 0 bridgehead atoms. The van der Waals surface area contributed by atoms with Crippen LogP contribution in [-0.4, -0.2) is 55.2 Å². The molecule has 34 heavy (non-hydrogen) atoms. The summed E-state index contributed by atoms with van der Waals surface area (Å²) in [7, 11) is 0. The van der Waals surface area contributed by atoms with Gasteiger partial charge in [-0.2, -0.15) is 0 Å². The Labute approximate surface area is 198 Å². The van der Waals surface area contributed by atoms with E-state index in [2.05, 4.69) is 22.3 Å². The smallest absolute Gasteiger partial charge is 0.252 e. The topological polar surface area (TPSA) is 69.7 Å². The Morgan fingerprint density at radius 2 is 1.38 bits per heavy atom. The molecule has 1 aliphatic heterocycles. The van der Waals surface area contributed by atoms with Crippen LogP contribution < -0.4 is 10.2 Å². The van der Waals surface area contributed by atoms with Gasteiger partial charge in [0.05, 0.1) is 5.56 Å². The number of carbonyl (C=O) groups excluding carboxylic acids is 3. The first kappa shape index (κ1) is 23.2. The molecule has 0 atom stereocenters. The lowest BCUT2D eigenvalue weighted by Gasteiger charge is -2.36. The van der Waals surface area contributed by atoms with Gasteiger partial charge >= 0.3 is 0 Å². The number of piperazine rings is 1. The Morgan fingerprint density at radius 3 is 2.06 bits per heavy atom. The van der Waals surface area contributed by atoms with Gasteiger partial charge in [0.15, 0.2) is 5.78 Å². The van der Waals surface area contributed by atoms with Crippen molar-refractivity contribution in [2.75, 3.05) is 37.6 Å². The zero-order chi connectivity index (χ0) is 23.9. The molecule has 1 fully saturated rings. The van der Waals surface area contributed by atoms with Gasteiger partial charge in [-0.1, -0.05) is 36.4 Å². The number of para-hydroxylation sites is 1. The molecule has 0 unspecified atom stereocenters. The van der Waals surface area contributed by atoms with Gasteiger partial charge in [-0.3, -0.25) is 14.4 Å². The fourth-order valence-corrected chi connectivity index (χ4v) is 4.03. The van der Waals surface area contributed by atoms with Crippen LogP contribution in [0.1, 0.15) is 32.7 Å². The van der Waals surface area contributed by atoms with Crippen molar-refractivity contribution >= 4 is 23.3 Å². The highest BCUT2D eigenvalue weighted by atomic mass is 19.1. The Morgan fingerprint density at radius 1 is 0.765 bits per heavy atom. The molecule has 3 aromatic rings. The van der Waals surface area contributed by atoms with Gasteiger partial charge in [0.2, 0.25) is 5.91 Å². The Bertz CT molecular complexity index is 1160. The van der Waals surface area contributed by atoms with Crippen LogP contribution >= 0.6 is 0 Å². The number of nitrogens with zero attached hydrogens (tertiary/aromatic N) is 2. The molecule has 0 radical (unpaired) electrons. The predicted octanol–water partition coefficient (Wildman–Crippen LogP) is 3.53.